The van der Waals surface area contributed by atoms with Crippen LogP contribution in [0.2, 0.25) is 0 Å². The first kappa shape index (κ1) is 31.7. The molecular formula is C32H41N3O5S. The van der Waals surface area contributed by atoms with Crippen LogP contribution in [0.15, 0.2) is 72.8 Å². The van der Waals surface area contributed by atoms with Crippen molar-refractivity contribution in [3.05, 3.63) is 95.1 Å². The Bertz CT molecular complexity index is 1440. The molecule has 2 atom stereocenters. The van der Waals surface area contributed by atoms with Crippen LogP contribution < -0.4 is 14.4 Å². The van der Waals surface area contributed by atoms with Crippen LogP contribution >= 0.6 is 0 Å². The third-order valence-corrected chi connectivity index (χ3v) is 8.20. The van der Waals surface area contributed by atoms with Gasteiger partial charge in [-0.25, -0.2) is 8.42 Å². The van der Waals surface area contributed by atoms with Gasteiger partial charge in [0.1, 0.15) is 18.3 Å². The fourth-order valence-electron chi connectivity index (χ4n) is 4.55. The molecule has 9 heteroatoms. The average molecular weight is 580 g/mol. The van der Waals surface area contributed by atoms with Gasteiger partial charge in [0.2, 0.25) is 21.8 Å². The van der Waals surface area contributed by atoms with Crippen molar-refractivity contribution in [2.24, 2.45) is 0 Å². The quantitative estimate of drug-likeness (QED) is 0.319. The molecule has 0 radical (unpaired) electrons. The smallest absolute Gasteiger partial charge is 0.244 e. The number of ether oxygens (including phenoxy) is 1. The Morgan fingerprint density at radius 1 is 0.951 bits per heavy atom. The maximum Gasteiger partial charge on any atom is 0.244 e. The number of hydrogen-bond donors (Lipinski definition) is 1. The van der Waals surface area contributed by atoms with Gasteiger partial charge in [-0.15, -0.1) is 0 Å². The summed E-state index contributed by atoms with van der Waals surface area (Å²) in [4.78, 5) is 29.5. The molecule has 0 aromatic heterocycles. The minimum absolute atomic E-state index is 0.0891. The van der Waals surface area contributed by atoms with E-state index in [0.717, 1.165) is 39.2 Å². The summed E-state index contributed by atoms with van der Waals surface area (Å²) in [6, 6.07) is 21.3. The van der Waals surface area contributed by atoms with Gasteiger partial charge < -0.3 is 15.0 Å². The van der Waals surface area contributed by atoms with Crippen LogP contribution in [0.25, 0.3) is 0 Å². The van der Waals surface area contributed by atoms with E-state index in [4.69, 9.17) is 4.74 Å². The first-order valence-electron chi connectivity index (χ1n) is 13.7. The minimum Gasteiger partial charge on any atom is -0.497 e. The Labute approximate surface area is 244 Å². The Hall–Kier alpha value is -3.85. The predicted molar refractivity (Wildman–Crippen MR) is 163 cm³/mol. The first-order chi connectivity index (χ1) is 19.4. The third-order valence-electron chi connectivity index (χ3n) is 7.07. The van der Waals surface area contributed by atoms with Crippen LogP contribution in [0, 0.1) is 13.8 Å². The molecule has 0 aliphatic rings. The van der Waals surface area contributed by atoms with Gasteiger partial charge in [0.05, 0.1) is 19.1 Å². The van der Waals surface area contributed by atoms with Gasteiger partial charge >= 0.3 is 0 Å². The lowest BCUT2D eigenvalue weighted by atomic mass is 10.0. The van der Waals surface area contributed by atoms with E-state index in [1.165, 1.54) is 4.90 Å². The van der Waals surface area contributed by atoms with E-state index in [0.29, 0.717) is 11.4 Å². The highest BCUT2D eigenvalue weighted by Gasteiger charge is 2.33. The lowest BCUT2D eigenvalue weighted by molar-refractivity contribution is -0.140. The maximum absolute atomic E-state index is 14.2. The molecule has 2 amide bonds. The largest absolute Gasteiger partial charge is 0.497 e. The molecule has 0 saturated heterocycles. The number of carbonyl (C=O) groups excluding carboxylic acids is 2. The second-order valence-electron chi connectivity index (χ2n) is 10.5. The SMILES string of the molecule is CCC(C)NC(=O)C(Cc1ccccc1)N(Cc1cccc(OC)c1)C(=O)CN(c1cc(C)ccc1C)S(C)(=O)=O. The zero-order valence-corrected chi connectivity index (χ0v) is 25.6. The standard InChI is InChI=1S/C32H41N3O5S/c1-7-25(4)33-32(37)30(20-26-12-9-8-10-13-26)34(21-27-14-11-15-28(19-27)40-5)31(36)22-35(41(6,38)39)29-18-23(2)16-17-24(29)3/h8-19,25,30H,7,20-22H2,1-6H3,(H,33,37). The summed E-state index contributed by atoms with van der Waals surface area (Å²) >= 11 is 0. The van der Waals surface area contributed by atoms with E-state index in [9.17, 15) is 18.0 Å². The molecule has 0 aliphatic carbocycles. The van der Waals surface area contributed by atoms with Crippen LogP contribution in [0.5, 0.6) is 5.75 Å². The second-order valence-corrected chi connectivity index (χ2v) is 12.4. The fraction of sp³-hybridized carbons (Fsp3) is 0.375. The molecule has 3 aromatic carbocycles. The molecule has 0 spiro atoms. The Morgan fingerprint density at radius 2 is 1.63 bits per heavy atom. The Balaban J connectivity index is 2.10. The molecule has 8 nitrogen and oxygen atoms in total. The van der Waals surface area contributed by atoms with Crippen LogP contribution in [0.4, 0.5) is 5.69 Å². The number of rotatable bonds is 13. The highest BCUT2D eigenvalue weighted by atomic mass is 32.2. The zero-order valence-electron chi connectivity index (χ0n) is 24.8. The number of amides is 2. The predicted octanol–water partition coefficient (Wildman–Crippen LogP) is 4.63. The Morgan fingerprint density at radius 3 is 2.27 bits per heavy atom. The summed E-state index contributed by atoms with van der Waals surface area (Å²) in [6.07, 6.45) is 2.08. The summed E-state index contributed by atoms with van der Waals surface area (Å²) in [5.74, 6) is -0.164. The second kappa shape index (κ2) is 14.2. The van der Waals surface area contributed by atoms with Crippen molar-refractivity contribution >= 4 is 27.5 Å². The summed E-state index contributed by atoms with van der Waals surface area (Å²) in [7, 11) is -2.27. The van der Waals surface area contributed by atoms with Crippen molar-refractivity contribution in [3.8, 4) is 5.75 Å². The van der Waals surface area contributed by atoms with Crippen LogP contribution in [-0.4, -0.2) is 57.1 Å². The number of methoxy groups -OCH3 is 1. The first-order valence-corrected chi connectivity index (χ1v) is 15.6. The molecular weight excluding hydrogens is 538 g/mol. The summed E-state index contributed by atoms with van der Waals surface area (Å²) < 4.78 is 32.6. The molecule has 220 valence electrons. The van der Waals surface area contributed by atoms with Crippen molar-refractivity contribution in [2.45, 2.75) is 59.2 Å². The average Bonchev–Trinajstić information content (AvgIpc) is 2.94. The van der Waals surface area contributed by atoms with E-state index >= 15 is 0 Å². The molecule has 0 heterocycles. The van der Waals surface area contributed by atoms with Crippen molar-refractivity contribution in [2.75, 3.05) is 24.2 Å². The summed E-state index contributed by atoms with van der Waals surface area (Å²) in [5.41, 5.74) is 3.67. The van der Waals surface area contributed by atoms with E-state index < -0.39 is 28.5 Å². The van der Waals surface area contributed by atoms with Gasteiger partial charge in [0.15, 0.2) is 0 Å². The highest BCUT2D eigenvalue weighted by Crippen LogP contribution is 2.25. The van der Waals surface area contributed by atoms with E-state index in [-0.39, 0.29) is 24.9 Å². The molecule has 1 N–H and O–H groups in total. The summed E-state index contributed by atoms with van der Waals surface area (Å²) in [5, 5.41) is 3.04. The molecule has 0 fully saturated rings. The van der Waals surface area contributed by atoms with E-state index in [1.807, 2.05) is 88.4 Å². The van der Waals surface area contributed by atoms with Crippen LogP contribution in [-0.2, 0) is 32.6 Å². The van der Waals surface area contributed by atoms with Crippen LogP contribution in [0.3, 0.4) is 0 Å². The number of sulfonamides is 1. The van der Waals surface area contributed by atoms with Crippen molar-refractivity contribution < 1.29 is 22.7 Å². The highest BCUT2D eigenvalue weighted by molar-refractivity contribution is 7.92. The van der Waals surface area contributed by atoms with Crippen molar-refractivity contribution in [1.82, 2.24) is 10.2 Å². The normalized spacial score (nSPS) is 12.7. The topological polar surface area (TPSA) is 96.0 Å². The van der Waals surface area contributed by atoms with Gasteiger partial charge in [0.25, 0.3) is 0 Å². The lowest BCUT2D eigenvalue weighted by Crippen LogP contribution is -2.54. The summed E-state index contributed by atoms with van der Waals surface area (Å²) in [6.45, 7) is 7.21. The zero-order chi connectivity index (χ0) is 30.2. The van der Waals surface area contributed by atoms with E-state index in [2.05, 4.69) is 5.32 Å². The molecule has 41 heavy (non-hydrogen) atoms. The van der Waals surface area contributed by atoms with E-state index in [1.54, 1.807) is 19.2 Å². The molecule has 0 bridgehead atoms. The molecule has 0 saturated carbocycles. The number of aryl methyl sites for hydroxylation is 2. The third kappa shape index (κ3) is 8.82. The van der Waals surface area contributed by atoms with Gasteiger partial charge in [-0.3, -0.25) is 13.9 Å². The van der Waals surface area contributed by atoms with Gasteiger partial charge in [0, 0.05) is 19.0 Å². The van der Waals surface area contributed by atoms with Crippen molar-refractivity contribution in [3.63, 3.8) is 0 Å². The number of nitrogens with one attached hydrogen (secondary N) is 1. The molecule has 0 aliphatic heterocycles. The Kier molecular flexibility index (Phi) is 10.9. The number of hydrogen-bond acceptors (Lipinski definition) is 5. The van der Waals surface area contributed by atoms with Gasteiger partial charge in [-0.2, -0.15) is 0 Å². The molecule has 3 aromatic rings. The maximum atomic E-state index is 14.2. The molecule has 2 unspecified atom stereocenters. The fourth-order valence-corrected chi connectivity index (χ4v) is 5.44. The van der Waals surface area contributed by atoms with Crippen molar-refractivity contribution in [1.29, 1.82) is 0 Å². The number of benzene rings is 3. The number of carbonyl (C=O) groups is 2. The number of anilines is 1. The van der Waals surface area contributed by atoms with Gasteiger partial charge in [-0.05, 0) is 67.6 Å². The van der Waals surface area contributed by atoms with Crippen LogP contribution in [0.1, 0.15) is 42.5 Å². The molecule has 3 rings (SSSR count). The number of nitrogens with zero attached hydrogens (tertiary/aromatic N) is 2. The van der Waals surface area contributed by atoms with Gasteiger partial charge in [-0.1, -0.05) is 61.5 Å². The lowest BCUT2D eigenvalue weighted by Gasteiger charge is -2.34. The monoisotopic (exact) mass is 579 g/mol. The minimum atomic E-state index is -3.83.